The lowest BCUT2D eigenvalue weighted by Crippen LogP contribution is -2.03. The van der Waals surface area contributed by atoms with Crippen molar-refractivity contribution in [2.75, 3.05) is 24.9 Å². The smallest absolute Gasteiger partial charge is 0.144 e. The minimum absolute atomic E-state index is 0.331. The van der Waals surface area contributed by atoms with E-state index in [0.29, 0.717) is 45.4 Å². The number of halogens is 2. The third-order valence-electron chi connectivity index (χ3n) is 3.67. The second-order valence-electron chi connectivity index (χ2n) is 5.63. The fourth-order valence-electron chi connectivity index (χ4n) is 2.51. The quantitative estimate of drug-likeness (QED) is 0.613. The summed E-state index contributed by atoms with van der Waals surface area (Å²) >= 11 is 6.14. The number of aromatic nitrogens is 2. The van der Waals surface area contributed by atoms with Crippen molar-refractivity contribution >= 4 is 34.6 Å². The van der Waals surface area contributed by atoms with E-state index in [4.69, 9.17) is 21.1 Å². The molecular weight excluding hydrogens is 371 g/mol. The number of ether oxygens (including phenoxy) is 2. The molecule has 0 aliphatic rings. The van der Waals surface area contributed by atoms with Crippen LogP contribution in [0.15, 0.2) is 42.5 Å². The average molecular weight is 389 g/mol. The Morgan fingerprint density at radius 1 is 0.926 bits per heavy atom. The Morgan fingerprint density at radius 3 is 2.30 bits per heavy atom. The summed E-state index contributed by atoms with van der Waals surface area (Å²) in [6, 6.07) is 11.2. The molecule has 0 bridgehead atoms. The van der Waals surface area contributed by atoms with Crippen molar-refractivity contribution in [3.8, 4) is 11.5 Å². The lowest BCUT2D eigenvalue weighted by atomic mass is 10.2. The van der Waals surface area contributed by atoms with Gasteiger partial charge in [-0.3, -0.25) is 0 Å². The van der Waals surface area contributed by atoms with Crippen LogP contribution in [0.2, 0.25) is 5.02 Å². The van der Waals surface area contributed by atoms with Crippen molar-refractivity contribution < 1.29 is 13.9 Å². The van der Waals surface area contributed by atoms with Crippen molar-refractivity contribution in [1.29, 1.82) is 0 Å². The van der Waals surface area contributed by atoms with Crippen LogP contribution in [0.3, 0.4) is 0 Å². The molecule has 0 saturated carbocycles. The summed E-state index contributed by atoms with van der Waals surface area (Å²) in [7, 11) is 3.08. The van der Waals surface area contributed by atoms with Gasteiger partial charge in [0.2, 0.25) is 0 Å². The molecule has 1 aromatic heterocycles. The van der Waals surface area contributed by atoms with Gasteiger partial charge in [-0.15, -0.1) is 0 Å². The summed E-state index contributed by atoms with van der Waals surface area (Å²) in [4.78, 5) is 8.71. The number of anilines is 4. The Bertz CT molecular complexity index is 968. The van der Waals surface area contributed by atoms with E-state index >= 15 is 0 Å². The zero-order valence-electron chi connectivity index (χ0n) is 15.0. The van der Waals surface area contributed by atoms with Crippen LogP contribution in [0.1, 0.15) is 5.82 Å². The maximum Gasteiger partial charge on any atom is 0.144 e. The number of hydrogen-bond donors (Lipinski definition) is 2. The summed E-state index contributed by atoms with van der Waals surface area (Å²) in [6.07, 6.45) is 0. The number of hydrogen-bond acceptors (Lipinski definition) is 6. The summed E-state index contributed by atoms with van der Waals surface area (Å²) in [6.45, 7) is 1.77. The van der Waals surface area contributed by atoms with Crippen LogP contribution < -0.4 is 20.1 Å². The van der Waals surface area contributed by atoms with E-state index in [1.54, 1.807) is 44.4 Å². The van der Waals surface area contributed by atoms with Gasteiger partial charge in [0.05, 0.1) is 24.9 Å². The van der Waals surface area contributed by atoms with Gasteiger partial charge in [0.15, 0.2) is 0 Å². The number of nitrogens with zero attached hydrogens (tertiary/aromatic N) is 2. The van der Waals surface area contributed by atoms with Gasteiger partial charge in [0.25, 0.3) is 0 Å². The molecule has 0 radical (unpaired) electrons. The lowest BCUT2D eigenvalue weighted by molar-refractivity contribution is 0.405. The summed E-state index contributed by atoms with van der Waals surface area (Å²) in [5.74, 6) is 2.31. The van der Waals surface area contributed by atoms with Gasteiger partial charge in [0, 0.05) is 23.9 Å². The van der Waals surface area contributed by atoms with Gasteiger partial charge in [-0.25, -0.2) is 14.4 Å². The van der Waals surface area contributed by atoms with E-state index in [0.717, 1.165) is 0 Å². The zero-order chi connectivity index (χ0) is 19.4. The molecule has 3 aromatic rings. The summed E-state index contributed by atoms with van der Waals surface area (Å²) in [5, 5.41) is 6.68. The highest BCUT2D eigenvalue weighted by atomic mass is 35.5. The Morgan fingerprint density at radius 2 is 1.63 bits per heavy atom. The largest absolute Gasteiger partial charge is 0.495 e. The van der Waals surface area contributed by atoms with Gasteiger partial charge >= 0.3 is 0 Å². The highest BCUT2D eigenvalue weighted by Crippen LogP contribution is 2.37. The number of methoxy groups -OCH3 is 2. The molecule has 6 nitrogen and oxygen atoms in total. The van der Waals surface area contributed by atoms with Crippen LogP contribution in [-0.4, -0.2) is 24.2 Å². The Labute approximate surface area is 161 Å². The SMILES string of the molecule is COc1cc(Nc2cc(Nc3cccc(F)c3)nc(C)n2)c(OC)cc1Cl. The maximum atomic E-state index is 13.4. The monoisotopic (exact) mass is 388 g/mol. The number of benzene rings is 2. The standard InChI is InChI=1S/C19H18ClFN4O2/c1-11-22-18(24-13-6-4-5-12(21)7-13)10-19(23-11)25-15-9-16(26-2)14(20)8-17(15)27-3/h4-10H,1-3H3,(H2,22,23,24,25). The van der Waals surface area contributed by atoms with Crippen LogP contribution in [0.4, 0.5) is 27.4 Å². The van der Waals surface area contributed by atoms with Crippen molar-refractivity contribution in [2.45, 2.75) is 6.92 Å². The topological polar surface area (TPSA) is 68.3 Å². The van der Waals surface area contributed by atoms with Crippen molar-refractivity contribution in [2.24, 2.45) is 0 Å². The van der Waals surface area contributed by atoms with Crippen molar-refractivity contribution in [3.05, 3.63) is 59.1 Å². The number of nitrogens with one attached hydrogen (secondary N) is 2. The molecule has 1 heterocycles. The first-order valence-corrected chi connectivity index (χ1v) is 8.43. The predicted octanol–water partition coefficient (Wildman–Crippen LogP) is 5.08. The van der Waals surface area contributed by atoms with Crippen LogP contribution >= 0.6 is 11.6 Å². The summed E-state index contributed by atoms with van der Waals surface area (Å²) in [5.41, 5.74) is 1.22. The molecule has 2 aromatic carbocycles. The summed E-state index contributed by atoms with van der Waals surface area (Å²) < 4.78 is 24.0. The first-order chi connectivity index (χ1) is 13.0. The van der Waals surface area contributed by atoms with Crippen LogP contribution in [0.5, 0.6) is 11.5 Å². The molecule has 140 valence electrons. The molecule has 0 amide bonds. The van der Waals surface area contributed by atoms with Gasteiger partial charge in [0.1, 0.15) is 34.8 Å². The minimum Gasteiger partial charge on any atom is -0.495 e. The van der Waals surface area contributed by atoms with Crippen molar-refractivity contribution in [3.63, 3.8) is 0 Å². The highest BCUT2D eigenvalue weighted by Gasteiger charge is 2.12. The molecule has 0 unspecified atom stereocenters. The molecule has 0 aliphatic heterocycles. The molecule has 2 N–H and O–H groups in total. The lowest BCUT2D eigenvalue weighted by Gasteiger charge is -2.14. The Kier molecular flexibility index (Phi) is 5.61. The van der Waals surface area contributed by atoms with Crippen LogP contribution in [-0.2, 0) is 0 Å². The molecule has 0 fully saturated rings. The molecule has 0 aliphatic carbocycles. The molecule has 0 atom stereocenters. The second-order valence-corrected chi connectivity index (χ2v) is 6.04. The van der Waals surface area contributed by atoms with Crippen LogP contribution in [0, 0.1) is 12.7 Å². The van der Waals surface area contributed by atoms with Gasteiger partial charge in [-0.1, -0.05) is 17.7 Å². The Hall–Kier alpha value is -3.06. The first kappa shape index (κ1) is 18.7. The molecule has 8 heteroatoms. The second kappa shape index (κ2) is 8.09. The fraction of sp³-hybridized carbons (Fsp3) is 0.158. The maximum absolute atomic E-state index is 13.4. The molecule has 0 saturated heterocycles. The zero-order valence-corrected chi connectivity index (χ0v) is 15.8. The van der Waals surface area contributed by atoms with E-state index in [-0.39, 0.29) is 5.82 Å². The predicted molar refractivity (Wildman–Crippen MR) is 104 cm³/mol. The molecule has 3 rings (SSSR count). The minimum atomic E-state index is -0.331. The Balaban J connectivity index is 1.91. The third kappa shape index (κ3) is 4.57. The van der Waals surface area contributed by atoms with E-state index in [9.17, 15) is 4.39 Å². The average Bonchev–Trinajstić information content (AvgIpc) is 2.62. The van der Waals surface area contributed by atoms with Crippen LogP contribution in [0.25, 0.3) is 0 Å². The highest BCUT2D eigenvalue weighted by molar-refractivity contribution is 6.32. The third-order valence-corrected chi connectivity index (χ3v) is 3.97. The fourth-order valence-corrected chi connectivity index (χ4v) is 2.74. The molecule has 27 heavy (non-hydrogen) atoms. The van der Waals surface area contributed by atoms with E-state index < -0.39 is 0 Å². The van der Waals surface area contributed by atoms with Gasteiger partial charge < -0.3 is 20.1 Å². The van der Waals surface area contributed by atoms with E-state index in [1.807, 2.05) is 0 Å². The van der Waals surface area contributed by atoms with Crippen molar-refractivity contribution in [1.82, 2.24) is 9.97 Å². The molecule has 0 spiro atoms. The number of aryl methyl sites for hydroxylation is 1. The van der Waals surface area contributed by atoms with Gasteiger partial charge in [-0.05, 0) is 25.1 Å². The van der Waals surface area contributed by atoms with Gasteiger partial charge in [-0.2, -0.15) is 0 Å². The molecular formula is C19H18ClFN4O2. The number of rotatable bonds is 6. The van der Waals surface area contributed by atoms with E-state index in [2.05, 4.69) is 20.6 Å². The van der Waals surface area contributed by atoms with E-state index in [1.165, 1.54) is 19.2 Å². The normalized spacial score (nSPS) is 10.4. The first-order valence-electron chi connectivity index (χ1n) is 8.05.